The maximum atomic E-state index is 13.9. The summed E-state index contributed by atoms with van der Waals surface area (Å²) in [7, 11) is 1.72. The van der Waals surface area contributed by atoms with E-state index in [1.54, 1.807) is 13.2 Å². The van der Waals surface area contributed by atoms with Gasteiger partial charge in [0.05, 0.1) is 24.2 Å². The molecule has 9 heteroatoms. The Morgan fingerprint density at radius 3 is 2.64 bits per heavy atom. The van der Waals surface area contributed by atoms with Crippen molar-refractivity contribution in [3.8, 4) is 0 Å². The number of alkyl halides is 3. The molecule has 4 rings (SSSR count). The fourth-order valence-electron chi connectivity index (χ4n) is 6.24. The maximum Gasteiger partial charge on any atom is 0.416 e. The summed E-state index contributed by atoms with van der Waals surface area (Å²) in [6.45, 7) is 8.50. The predicted molar refractivity (Wildman–Crippen MR) is 133 cm³/mol. The number of piperazine rings is 1. The molecule has 6 nitrogen and oxygen atoms in total. The van der Waals surface area contributed by atoms with Crippen LogP contribution >= 0.6 is 0 Å². The molecule has 1 aromatic carbocycles. The van der Waals surface area contributed by atoms with Gasteiger partial charge >= 0.3 is 6.18 Å². The van der Waals surface area contributed by atoms with E-state index in [0.29, 0.717) is 57.0 Å². The first-order chi connectivity index (χ1) is 17.1. The van der Waals surface area contributed by atoms with Gasteiger partial charge in [-0.05, 0) is 49.8 Å². The van der Waals surface area contributed by atoms with Crippen molar-refractivity contribution < 1.29 is 27.4 Å². The van der Waals surface area contributed by atoms with Crippen LogP contribution in [-0.2, 0) is 20.4 Å². The molecular formula is C27H40F3N3O3. The standard InChI is InChI=1S/C27H40F3N3O3/c1-19(2)26(9-7-22(16-26)31-24-8-14-36-18-20(24)17-35-3)25(34)33-12-10-32(11-13-33)23-6-4-5-21(15-23)27(28,29)30/h4-6,15,19-20,22,24,31H,7-14,16-18H2,1-3H3/t20?,22-,24?,26+/m1/s1. The van der Waals surface area contributed by atoms with E-state index in [9.17, 15) is 18.0 Å². The summed E-state index contributed by atoms with van der Waals surface area (Å²) in [5.41, 5.74) is -0.487. The number of nitrogens with one attached hydrogen (secondary N) is 1. The first-order valence-corrected chi connectivity index (χ1v) is 13.2. The van der Waals surface area contributed by atoms with Gasteiger partial charge in [-0.15, -0.1) is 0 Å². The molecule has 2 heterocycles. The summed E-state index contributed by atoms with van der Waals surface area (Å²) in [5, 5.41) is 3.84. The quantitative estimate of drug-likeness (QED) is 0.595. The average Bonchev–Trinajstić information content (AvgIpc) is 3.30. The van der Waals surface area contributed by atoms with E-state index >= 15 is 0 Å². The van der Waals surface area contributed by atoms with Gasteiger partial charge in [-0.25, -0.2) is 0 Å². The van der Waals surface area contributed by atoms with E-state index < -0.39 is 17.2 Å². The second-order valence-corrected chi connectivity index (χ2v) is 10.9. The highest BCUT2D eigenvalue weighted by Gasteiger charge is 2.50. The fraction of sp³-hybridized carbons (Fsp3) is 0.741. The van der Waals surface area contributed by atoms with Gasteiger partial charge in [0.15, 0.2) is 0 Å². The van der Waals surface area contributed by atoms with E-state index in [2.05, 4.69) is 19.2 Å². The van der Waals surface area contributed by atoms with E-state index in [0.717, 1.165) is 38.4 Å². The van der Waals surface area contributed by atoms with E-state index in [4.69, 9.17) is 9.47 Å². The molecule has 1 aliphatic carbocycles. The van der Waals surface area contributed by atoms with Crippen LogP contribution in [0.3, 0.4) is 0 Å². The van der Waals surface area contributed by atoms with Crippen molar-refractivity contribution >= 4 is 11.6 Å². The van der Waals surface area contributed by atoms with Crippen molar-refractivity contribution in [2.24, 2.45) is 17.3 Å². The van der Waals surface area contributed by atoms with Crippen molar-refractivity contribution in [2.75, 3.05) is 58.0 Å². The van der Waals surface area contributed by atoms with Gasteiger partial charge in [-0.2, -0.15) is 13.2 Å². The van der Waals surface area contributed by atoms with Gasteiger partial charge in [0, 0.05) is 63.6 Å². The number of benzene rings is 1. The minimum Gasteiger partial charge on any atom is -0.384 e. The number of halogens is 3. The van der Waals surface area contributed by atoms with Gasteiger partial charge in [0.2, 0.25) is 5.91 Å². The molecule has 0 spiro atoms. The Kier molecular flexibility index (Phi) is 8.52. The number of carbonyl (C=O) groups is 1. The van der Waals surface area contributed by atoms with Crippen molar-refractivity contribution in [2.45, 2.75) is 57.8 Å². The molecule has 0 aromatic heterocycles. The van der Waals surface area contributed by atoms with Crippen LogP contribution < -0.4 is 10.2 Å². The number of anilines is 1. The van der Waals surface area contributed by atoms with Crippen LogP contribution in [0.2, 0.25) is 0 Å². The van der Waals surface area contributed by atoms with Gasteiger partial charge in [0.1, 0.15) is 0 Å². The van der Waals surface area contributed by atoms with Gasteiger partial charge in [-0.1, -0.05) is 19.9 Å². The Bertz CT molecular complexity index is 887. The molecule has 2 aliphatic heterocycles. The van der Waals surface area contributed by atoms with E-state index in [1.807, 2.05) is 9.80 Å². The number of hydrogen-bond acceptors (Lipinski definition) is 5. The number of amides is 1. The predicted octanol–water partition coefficient (Wildman–Crippen LogP) is 4.19. The van der Waals surface area contributed by atoms with Crippen LogP contribution in [-0.4, -0.2) is 76.0 Å². The summed E-state index contributed by atoms with van der Waals surface area (Å²) in [4.78, 5) is 17.8. The van der Waals surface area contributed by atoms with Crippen molar-refractivity contribution in [3.63, 3.8) is 0 Å². The fourth-order valence-corrected chi connectivity index (χ4v) is 6.24. The normalized spacial score (nSPS) is 29.7. The van der Waals surface area contributed by atoms with E-state index in [1.165, 1.54) is 12.1 Å². The third kappa shape index (κ3) is 5.83. The zero-order valence-corrected chi connectivity index (χ0v) is 21.7. The maximum absolute atomic E-state index is 13.9. The average molecular weight is 512 g/mol. The summed E-state index contributed by atoms with van der Waals surface area (Å²) >= 11 is 0. The molecule has 1 N–H and O–H groups in total. The number of nitrogens with zero attached hydrogens (tertiary/aromatic N) is 2. The van der Waals surface area contributed by atoms with Gasteiger partial charge in [-0.3, -0.25) is 4.79 Å². The van der Waals surface area contributed by atoms with Crippen LogP contribution in [0, 0.1) is 17.3 Å². The third-order valence-corrected chi connectivity index (χ3v) is 8.49. The number of ether oxygens (including phenoxy) is 2. The van der Waals surface area contributed by atoms with Crippen LogP contribution in [0.5, 0.6) is 0 Å². The number of methoxy groups -OCH3 is 1. The SMILES string of the molecule is COCC1COCCC1N[C@@H]1CC[C@@](C(=O)N2CCN(c3cccc(C(F)(F)F)c3)CC2)(C(C)C)C1. The number of hydrogen-bond donors (Lipinski definition) is 1. The molecule has 2 unspecified atom stereocenters. The smallest absolute Gasteiger partial charge is 0.384 e. The highest BCUT2D eigenvalue weighted by atomic mass is 19.4. The lowest BCUT2D eigenvalue weighted by molar-refractivity contribution is -0.145. The van der Waals surface area contributed by atoms with E-state index in [-0.39, 0.29) is 17.9 Å². The topological polar surface area (TPSA) is 54.0 Å². The Balaban J connectivity index is 1.38. The first kappa shape index (κ1) is 27.2. The Morgan fingerprint density at radius 1 is 1.22 bits per heavy atom. The minimum absolute atomic E-state index is 0.200. The van der Waals surface area contributed by atoms with Crippen LogP contribution in [0.4, 0.5) is 18.9 Å². The van der Waals surface area contributed by atoms with Crippen LogP contribution in [0.1, 0.15) is 45.1 Å². The van der Waals surface area contributed by atoms with Crippen molar-refractivity contribution in [1.82, 2.24) is 10.2 Å². The lowest BCUT2D eigenvalue weighted by atomic mass is 9.74. The summed E-state index contributed by atoms with van der Waals surface area (Å²) in [6.07, 6.45) is -0.782. The van der Waals surface area contributed by atoms with Crippen molar-refractivity contribution in [3.05, 3.63) is 29.8 Å². The Hall–Kier alpha value is -1.84. The lowest BCUT2D eigenvalue weighted by Gasteiger charge is -2.42. The molecule has 1 aromatic rings. The molecule has 1 saturated carbocycles. The number of carbonyl (C=O) groups excluding carboxylic acids is 1. The lowest BCUT2D eigenvalue weighted by Crippen LogP contribution is -2.54. The summed E-state index contributed by atoms with van der Waals surface area (Å²) in [5.74, 6) is 0.728. The molecule has 0 radical (unpaired) electrons. The monoisotopic (exact) mass is 511 g/mol. The molecule has 202 valence electrons. The number of rotatable bonds is 7. The van der Waals surface area contributed by atoms with Crippen molar-refractivity contribution in [1.29, 1.82) is 0 Å². The molecule has 1 amide bonds. The first-order valence-electron chi connectivity index (χ1n) is 13.2. The zero-order valence-electron chi connectivity index (χ0n) is 21.7. The van der Waals surface area contributed by atoms with Crippen LogP contribution in [0.25, 0.3) is 0 Å². The second-order valence-electron chi connectivity index (χ2n) is 10.9. The zero-order chi connectivity index (χ0) is 25.9. The molecule has 3 fully saturated rings. The Labute approximate surface area is 212 Å². The van der Waals surface area contributed by atoms with Gasteiger partial charge in [0.25, 0.3) is 0 Å². The van der Waals surface area contributed by atoms with Gasteiger partial charge < -0.3 is 24.6 Å². The molecule has 0 bridgehead atoms. The van der Waals surface area contributed by atoms with Crippen LogP contribution in [0.15, 0.2) is 24.3 Å². The minimum atomic E-state index is -4.36. The molecule has 2 saturated heterocycles. The third-order valence-electron chi connectivity index (χ3n) is 8.49. The Morgan fingerprint density at radius 2 is 1.97 bits per heavy atom. The highest BCUT2D eigenvalue weighted by Crippen LogP contribution is 2.46. The summed E-state index contributed by atoms with van der Waals surface area (Å²) in [6, 6.07) is 6.07. The summed E-state index contributed by atoms with van der Waals surface area (Å²) < 4.78 is 50.5. The molecule has 36 heavy (non-hydrogen) atoms. The molecular weight excluding hydrogens is 471 g/mol. The largest absolute Gasteiger partial charge is 0.416 e. The highest BCUT2D eigenvalue weighted by molar-refractivity contribution is 5.84. The molecule has 3 aliphatic rings. The second kappa shape index (κ2) is 11.3. The molecule has 4 atom stereocenters.